The van der Waals surface area contributed by atoms with Crippen LogP contribution in [0.1, 0.15) is 51.8 Å². The predicted molar refractivity (Wildman–Crippen MR) is 70.3 cm³/mol. The van der Waals surface area contributed by atoms with Crippen LogP contribution in [0, 0.1) is 0 Å². The van der Waals surface area contributed by atoms with Crippen molar-refractivity contribution in [3.8, 4) is 0 Å². The molecule has 0 aliphatic heterocycles. The van der Waals surface area contributed by atoms with E-state index in [1.807, 2.05) is 30.9 Å². The van der Waals surface area contributed by atoms with Crippen LogP contribution in [-0.2, 0) is 9.53 Å². The number of nitrogens with zero attached hydrogens (tertiary/aromatic N) is 2. The van der Waals surface area contributed by atoms with Gasteiger partial charge in [0.2, 0.25) is 0 Å². The predicted octanol–water partition coefficient (Wildman–Crippen LogP) is 2.07. The first-order valence-corrected chi connectivity index (χ1v) is 6.51. The van der Waals surface area contributed by atoms with Gasteiger partial charge in [0, 0.05) is 23.8 Å². The maximum atomic E-state index is 11.6. The van der Waals surface area contributed by atoms with E-state index in [-0.39, 0.29) is 12.0 Å². The molecule has 102 valence electrons. The molecular weight excluding hydrogens is 230 g/mol. The van der Waals surface area contributed by atoms with Crippen molar-refractivity contribution in [3.05, 3.63) is 18.0 Å². The van der Waals surface area contributed by atoms with Crippen LogP contribution >= 0.6 is 0 Å². The summed E-state index contributed by atoms with van der Waals surface area (Å²) in [5.41, 5.74) is 1.03. The lowest BCUT2D eigenvalue weighted by molar-refractivity contribution is -0.143. The first kappa shape index (κ1) is 14.7. The molecule has 0 radical (unpaired) electrons. The zero-order chi connectivity index (χ0) is 13.5. The smallest absolute Gasteiger partial charge is 0.307 e. The van der Waals surface area contributed by atoms with Crippen molar-refractivity contribution in [1.82, 2.24) is 15.1 Å². The van der Waals surface area contributed by atoms with E-state index in [4.69, 9.17) is 4.74 Å². The summed E-state index contributed by atoms with van der Waals surface area (Å²) in [6.45, 7) is 9.20. The van der Waals surface area contributed by atoms with Crippen molar-refractivity contribution in [2.45, 2.75) is 46.2 Å². The fraction of sp³-hybridized carbons (Fsp3) is 0.692. The van der Waals surface area contributed by atoms with Gasteiger partial charge in [0.05, 0.1) is 19.2 Å². The minimum absolute atomic E-state index is 0.0263. The topological polar surface area (TPSA) is 56.1 Å². The highest BCUT2D eigenvalue weighted by atomic mass is 16.5. The van der Waals surface area contributed by atoms with E-state index in [1.165, 1.54) is 0 Å². The maximum Gasteiger partial charge on any atom is 0.307 e. The van der Waals surface area contributed by atoms with Crippen LogP contribution in [0.2, 0.25) is 0 Å². The number of hydrogen-bond donors (Lipinski definition) is 1. The molecule has 0 bridgehead atoms. The number of hydrogen-bond acceptors (Lipinski definition) is 4. The van der Waals surface area contributed by atoms with Crippen molar-refractivity contribution in [2.24, 2.45) is 0 Å². The lowest BCUT2D eigenvalue weighted by Crippen LogP contribution is -2.24. The van der Waals surface area contributed by atoms with Crippen LogP contribution in [0.15, 0.2) is 12.4 Å². The normalized spacial score (nSPS) is 12.7. The highest BCUT2D eigenvalue weighted by Crippen LogP contribution is 2.18. The number of carbonyl (C=O) groups excluding carboxylic acids is 1. The molecule has 0 saturated heterocycles. The van der Waals surface area contributed by atoms with Crippen molar-refractivity contribution in [1.29, 1.82) is 0 Å². The minimum atomic E-state index is -0.180. The van der Waals surface area contributed by atoms with E-state index in [0.29, 0.717) is 19.1 Å². The lowest BCUT2D eigenvalue weighted by atomic mass is 10.1. The molecule has 1 aromatic heterocycles. The molecule has 1 rings (SSSR count). The Morgan fingerprint density at radius 2 is 2.22 bits per heavy atom. The molecule has 5 heteroatoms. The van der Waals surface area contributed by atoms with Gasteiger partial charge in [0.1, 0.15) is 0 Å². The largest absolute Gasteiger partial charge is 0.466 e. The van der Waals surface area contributed by atoms with Crippen LogP contribution in [0.3, 0.4) is 0 Å². The van der Waals surface area contributed by atoms with Crippen LogP contribution < -0.4 is 5.32 Å². The summed E-state index contributed by atoms with van der Waals surface area (Å²) in [7, 11) is 0. The molecule has 5 nitrogen and oxygen atoms in total. The van der Waals surface area contributed by atoms with Crippen LogP contribution in [-0.4, -0.2) is 28.9 Å². The average Bonchev–Trinajstić information content (AvgIpc) is 2.78. The molecule has 1 N–H and O–H groups in total. The van der Waals surface area contributed by atoms with Gasteiger partial charge < -0.3 is 10.1 Å². The van der Waals surface area contributed by atoms with Gasteiger partial charge in [-0.1, -0.05) is 6.92 Å². The van der Waals surface area contributed by atoms with Crippen LogP contribution in [0.25, 0.3) is 0 Å². The van der Waals surface area contributed by atoms with E-state index in [2.05, 4.69) is 24.3 Å². The molecule has 1 atom stereocenters. The highest BCUT2D eigenvalue weighted by molar-refractivity contribution is 5.70. The number of carbonyl (C=O) groups is 1. The Bertz CT molecular complexity index is 374. The second kappa shape index (κ2) is 7.16. The number of aromatic nitrogens is 2. The van der Waals surface area contributed by atoms with Crippen molar-refractivity contribution in [2.75, 3.05) is 13.2 Å². The van der Waals surface area contributed by atoms with Gasteiger partial charge in [0.25, 0.3) is 0 Å². The Morgan fingerprint density at radius 1 is 1.50 bits per heavy atom. The molecule has 0 aliphatic rings. The van der Waals surface area contributed by atoms with E-state index in [9.17, 15) is 4.79 Å². The zero-order valence-corrected chi connectivity index (χ0v) is 11.6. The maximum absolute atomic E-state index is 11.6. The molecule has 0 saturated carbocycles. The molecule has 0 amide bonds. The summed E-state index contributed by atoms with van der Waals surface area (Å²) in [4.78, 5) is 11.6. The Labute approximate surface area is 109 Å². The molecule has 0 aromatic carbocycles. The van der Waals surface area contributed by atoms with Crippen LogP contribution in [0.4, 0.5) is 0 Å². The quantitative estimate of drug-likeness (QED) is 0.756. The summed E-state index contributed by atoms with van der Waals surface area (Å²) in [5.74, 6) is -0.180. The molecule has 1 unspecified atom stereocenters. The summed E-state index contributed by atoms with van der Waals surface area (Å²) in [6, 6.07) is 0.296. The summed E-state index contributed by atoms with van der Waals surface area (Å²) < 4.78 is 6.88. The Kier molecular flexibility index (Phi) is 5.85. The van der Waals surface area contributed by atoms with Gasteiger partial charge in [0.15, 0.2) is 0 Å². The third-order valence-corrected chi connectivity index (χ3v) is 2.68. The number of nitrogens with one attached hydrogen (secondary N) is 1. The Balaban J connectivity index is 2.73. The Morgan fingerprint density at radius 3 is 2.72 bits per heavy atom. The Hall–Kier alpha value is -1.36. The molecule has 1 heterocycles. The molecular formula is C13H23N3O2. The fourth-order valence-corrected chi connectivity index (χ4v) is 1.76. The van der Waals surface area contributed by atoms with Gasteiger partial charge in [-0.3, -0.25) is 9.48 Å². The molecule has 0 spiro atoms. The third kappa shape index (κ3) is 4.14. The lowest BCUT2D eigenvalue weighted by Gasteiger charge is -2.15. The molecule has 18 heavy (non-hydrogen) atoms. The summed E-state index contributed by atoms with van der Waals surface area (Å²) in [5, 5.41) is 7.58. The van der Waals surface area contributed by atoms with Crippen molar-refractivity contribution < 1.29 is 9.53 Å². The molecule has 0 aliphatic carbocycles. The third-order valence-electron chi connectivity index (χ3n) is 2.68. The van der Waals surface area contributed by atoms with Gasteiger partial charge in [-0.25, -0.2) is 0 Å². The SMILES string of the molecule is CCNC(CC(=O)OCC)c1cnn(C(C)C)c1. The second-order valence-corrected chi connectivity index (χ2v) is 4.47. The van der Waals surface area contributed by atoms with Crippen molar-refractivity contribution >= 4 is 5.97 Å². The van der Waals surface area contributed by atoms with Gasteiger partial charge in [-0.05, 0) is 27.3 Å². The van der Waals surface area contributed by atoms with E-state index < -0.39 is 0 Å². The fourth-order valence-electron chi connectivity index (χ4n) is 1.76. The van der Waals surface area contributed by atoms with Crippen molar-refractivity contribution in [3.63, 3.8) is 0 Å². The minimum Gasteiger partial charge on any atom is -0.466 e. The molecule has 0 fully saturated rings. The molecule has 1 aromatic rings. The first-order valence-electron chi connectivity index (χ1n) is 6.51. The van der Waals surface area contributed by atoms with Gasteiger partial charge in [-0.15, -0.1) is 0 Å². The zero-order valence-electron chi connectivity index (χ0n) is 11.6. The number of rotatable bonds is 7. The number of esters is 1. The summed E-state index contributed by atoms with van der Waals surface area (Å²) in [6.07, 6.45) is 4.13. The van der Waals surface area contributed by atoms with E-state index >= 15 is 0 Å². The standard InChI is InChI=1S/C13H23N3O2/c1-5-14-12(7-13(17)18-6-2)11-8-15-16(9-11)10(3)4/h8-10,12,14H,5-7H2,1-4H3. The first-order chi connectivity index (χ1) is 8.58. The summed E-state index contributed by atoms with van der Waals surface area (Å²) >= 11 is 0. The van der Waals surface area contributed by atoms with Gasteiger partial charge >= 0.3 is 5.97 Å². The highest BCUT2D eigenvalue weighted by Gasteiger charge is 2.17. The van der Waals surface area contributed by atoms with E-state index in [1.54, 1.807) is 0 Å². The average molecular weight is 253 g/mol. The van der Waals surface area contributed by atoms with E-state index in [0.717, 1.165) is 12.1 Å². The second-order valence-electron chi connectivity index (χ2n) is 4.47. The van der Waals surface area contributed by atoms with Gasteiger partial charge in [-0.2, -0.15) is 5.10 Å². The monoisotopic (exact) mass is 253 g/mol. The number of ether oxygens (including phenoxy) is 1. The van der Waals surface area contributed by atoms with Crippen LogP contribution in [0.5, 0.6) is 0 Å².